The molecule has 0 aromatic heterocycles. The van der Waals surface area contributed by atoms with Gasteiger partial charge >= 0.3 is 26.2 Å². The summed E-state index contributed by atoms with van der Waals surface area (Å²) in [5, 5.41) is 0. The van der Waals surface area contributed by atoms with Crippen LogP contribution >= 0.6 is 0 Å². The number of allylic oxidation sites excluding steroid dienone is 9. The first-order chi connectivity index (χ1) is 6.20. The largest absolute Gasteiger partial charge is 3.00 e. The molecule has 14 heavy (non-hydrogen) atoms. The van der Waals surface area contributed by atoms with Crippen LogP contribution < -0.4 is 0 Å². The Bertz CT molecular complexity index is 398. The zero-order valence-corrected chi connectivity index (χ0v) is 11.1. The molecule has 0 fully saturated rings. The average molecular weight is 262 g/mol. The van der Waals surface area contributed by atoms with Gasteiger partial charge in [0.2, 0.25) is 0 Å². The fraction of sp³-hybridized carbons (Fsp3) is 0.231. The van der Waals surface area contributed by atoms with Crippen molar-refractivity contribution in [1.82, 2.24) is 0 Å². The van der Waals surface area contributed by atoms with Crippen LogP contribution in [0, 0.1) is 6.08 Å². The summed E-state index contributed by atoms with van der Waals surface area (Å²) in [4.78, 5) is 0. The smallest absolute Gasteiger partial charge is 1.00 e. The van der Waals surface area contributed by atoms with Gasteiger partial charge in [-0.1, -0.05) is 32.1 Å². The van der Waals surface area contributed by atoms with E-state index in [1.807, 2.05) is 0 Å². The van der Waals surface area contributed by atoms with Crippen molar-refractivity contribution >= 4 is 0 Å². The van der Waals surface area contributed by atoms with Crippen molar-refractivity contribution in [3.8, 4) is 0 Å². The molecule has 0 atom stereocenters. The van der Waals surface area contributed by atoms with E-state index in [0.29, 0.717) is 0 Å². The first-order valence-corrected chi connectivity index (χ1v) is 4.57. The Hall–Kier alpha value is -0.417. The first kappa shape index (κ1) is 11.7. The molecule has 0 amide bonds. The van der Waals surface area contributed by atoms with Crippen molar-refractivity contribution in [2.24, 2.45) is 0 Å². The second kappa shape index (κ2) is 4.40. The molecule has 0 N–H and O–H groups in total. The molecule has 0 nitrogen and oxygen atoms in total. The van der Waals surface area contributed by atoms with Gasteiger partial charge in [-0.15, -0.1) is 33.9 Å². The van der Waals surface area contributed by atoms with E-state index in [4.69, 9.17) is 0 Å². The Balaban J connectivity index is 0. The van der Waals surface area contributed by atoms with Crippen LogP contribution in [0.15, 0.2) is 52.7 Å². The SMILES string of the molecule is C=C1[C-]=C(C2=CC=CC2)C(C)=C1C.[H-].[H-].[Zr+3]. The zero-order chi connectivity index (χ0) is 9.42. The topological polar surface area (TPSA) is 0 Å². The minimum absolute atomic E-state index is 0. The maximum absolute atomic E-state index is 3.97. The van der Waals surface area contributed by atoms with E-state index in [9.17, 15) is 0 Å². The van der Waals surface area contributed by atoms with E-state index in [0.717, 1.165) is 12.0 Å². The number of hydrogen-bond donors (Lipinski definition) is 0. The van der Waals surface area contributed by atoms with E-state index in [1.54, 1.807) is 0 Å². The fourth-order valence-electron chi connectivity index (χ4n) is 1.71. The molecule has 0 unspecified atom stereocenters. The molecule has 2 aliphatic carbocycles. The van der Waals surface area contributed by atoms with Crippen LogP contribution in [-0.4, -0.2) is 0 Å². The second-order valence-corrected chi connectivity index (χ2v) is 3.55. The van der Waals surface area contributed by atoms with Crippen LogP contribution in [0.4, 0.5) is 0 Å². The molecule has 0 saturated heterocycles. The number of hydrogen-bond acceptors (Lipinski definition) is 0. The third-order valence-corrected chi connectivity index (χ3v) is 2.76. The van der Waals surface area contributed by atoms with Gasteiger partial charge in [-0.3, -0.25) is 0 Å². The third-order valence-electron chi connectivity index (χ3n) is 2.76. The minimum atomic E-state index is 0. The zero-order valence-electron chi connectivity index (χ0n) is 10.6. The van der Waals surface area contributed by atoms with Crippen molar-refractivity contribution in [2.45, 2.75) is 20.3 Å². The van der Waals surface area contributed by atoms with E-state index in [1.165, 1.54) is 22.3 Å². The molecule has 2 aliphatic rings. The van der Waals surface area contributed by atoms with Crippen LogP contribution in [0.5, 0.6) is 0 Å². The van der Waals surface area contributed by atoms with Crippen molar-refractivity contribution < 1.29 is 29.1 Å². The maximum Gasteiger partial charge on any atom is 3.00 e. The molecule has 2 rings (SSSR count). The van der Waals surface area contributed by atoms with Gasteiger partial charge in [0.1, 0.15) is 0 Å². The van der Waals surface area contributed by atoms with Gasteiger partial charge in [0.15, 0.2) is 0 Å². The summed E-state index contributed by atoms with van der Waals surface area (Å²) in [7, 11) is 0. The van der Waals surface area contributed by atoms with Gasteiger partial charge in [0.25, 0.3) is 0 Å². The molecule has 0 heterocycles. The summed E-state index contributed by atoms with van der Waals surface area (Å²) in [6, 6.07) is 0. The van der Waals surface area contributed by atoms with Gasteiger partial charge in [-0.2, -0.15) is 6.58 Å². The summed E-state index contributed by atoms with van der Waals surface area (Å²) in [5.74, 6) is 0. The summed E-state index contributed by atoms with van der Waals surface area (Å²) < 4.78 is 0. The normalized spacial score (nSPS) is 19.7. The molecule has 71 valence electrons. The molecule has 0 bridgehead atoms. The number of rotatable bonds is 1. The summed E-state index contributed by atoms with van der Waals surface area (Å²) in [6.07, 6.45) is 10.8. The molecule has 0 aromatic carbocycles. The third kappa shape index (κ3) is 1.84. The van der Waals surface area contributed by atoms with Crippen molar-refractivity contribution in [1.29, 1.82) is 0 Å². The maximum atomic E-state index is 3.97. The van der Waals surface area contributed by atoms with E-state index < -0.39 is 0 Å². The van der Waals surface area contributed by atoms with Gasteiger partial charge in [-0.25, -0.2) is 0 Å². The summed E-state index contributed by atoms with van der Waals surface area (Å²) >= 11 is 0. The van der Waals surface area contributed by atoms with Crippen LogP contribution in [0.2, 0.25) is 0 Å². The van der Waals surface area contributed by atoms with E-state index in [2.05, 4.69) is 44.7 Å². The van der Waals surface area contributed by atoms with E-state index >= 15 is 0 Å². The molecule has 1 heteroatoms. The van der Waals surface area contributed by atoms with Crippen LogP contribution in [-0.2, 0) is 26.2 Å². The molecular weight excluding hydrogens is 247 g/mol. The quantitative estimate of drug-likeness (QED) is 0.632. The Morgan fingerprint density at radius 1 is 1.36 bits per heavy atom. The first-order valence-electron chi connectivity index (χ1n) is 4.57. The predicted octanol–water partition coefficient (Wildman–Crippen LogP) is 3.73. The molecule has 0 spiro atoms. The summed E-state index contributed by atoms with van der Waals surface area (Å²) in [5.41, 5.74) is 6.28. The van der Waals surface area contributed by atoms with E-state index in [-0.39, 0.29) is 29.1 Å². The van der Waals surface area contributed by atoms with Crippen molar-refractivity contribution in [2.75, 3.05) is 0 Å². The van der Waals surface area contributed by atoms with Crippen LogP contribution in [0.3, 0.4) is 0 Å². The summed E-state index contributed by atoms with van der Waals surface area (Å²) in [6.45, 7) is 8.23. The van der Waals surface area contributed by atoms with Crippen LogP contribution in [0.25, 0.3) is 0 Å². The standard InChI is InChI=1S/C13H13.Zr.2H/c1-9-8-13(11(3)10(9)2)12-6-4-5-7-12;;;/h4-6H,1,7H2,2-3H3;;;/q-1;+3;2*-1. The molecule has 0 aromatic rings. The molecule has 0 saturated carbocycles. The van der Waals surface area contributed by atoms with Crippen LogP contribution in [0.1, 0.15) is 23.1 Å². The Morgan fingerprint density at radius 3 is 2.50 bits per heavy atom. The van der Waals surface area contributed by atoms with Gasteiger partial charge in [0.05, 0.1) is 0 Å². The van der Waals surface area contributed by atoms with Gasteiger partial charge in [-0.05, 0) is 6.42 Å². The van der Waals surface area contributed by atoms with Gasteiger partial charge in [0, 0.05) is 0 Å². The molecular formula is C13H15Zr. The molecule has 1 radical (unpaired) electrons. The average Bonchev–Trinajstić information content (AvgIpc) is 2.70. The Morgan fingerprint density at radius 2 is 2.07 bits per heavy atom. The fourth-order valence-corrected chi connectivity index (χ4v) is 1.71. The second-order valence-electron chi connectivity index (χ2n) is 3.55. The molecule has 0 aliphatic heterocycles. The van der Waals surface area contributed by atoms with Gasteiger partial charge < -0.3 is 2.85 Å². The van der Waals surface area contributed by atoms with Crippen molar-refractivity contribution in [3.05, 3.63) is 58.7 Å². The minimum Gasteiger partial charge on any atom is -1.00 e. The Kier molecular flexibility index (Phi) is 3.67. The Labute approximate surface area is 108 Å². The van der Waals surface area contributed by atoms with Crippen molar-refractivity contribution in [3.63, 3.8) is 0 Å². The predicted molar refractivity (Wildman–Crippen MR) is 58.3 cm³/mol. The monoisotopic (exact) mass is 261 g/mol.